The predicted octanol–water partition coefficient (Wildman–Crippen LogP) is 2.06. The Morgan fingerprint density at radius 2 is 1.74 bits per heavy atom. The van der Waals surface area contributed by atoms with E-state index in [1.807, 2.05) is 0 Å². The Labute approximate surface area is 118 Å². The molecule has 3 fully saturated rings. The number of rotatable bonds is 3. The highest BCUT2D eigenvalue weighted by Crippen LogP contribution is 2.38. The van der Waals surface area contributed by atoms with Gasteiger partial charge in [-0.15, -0.1) is 0 Å². The molecule has 1 unspecified atom stereocenters. The van der Waals surface area contributed by atoms with Crippen molar-refractivity contribution in [2.45, 2.75) is 63.5 Å². The monoisotopic (exact) mass is 265 g/mol. The first-order chi connectivity index (χ1) is 9.23. The Morgan fingerprint density at radius 3 is 2.37 bits per heavy atom. The van der Waals surface area contributed by atoms with Crippen molar-refractivity contribution in [1.82, 2.24) is 9.80 Å². The fourth-order valence-electron chi connectivity index (χ4n) is 4.53. The maximum absolute atomic E-state index is 6.21. The van der Waals surface area contributed by atoms with E-state index in [9.17, 15) is 0 Å². The highest BCUT2D eigenvalue weighted by atomic mass is 15.3. The molecular formula is C16H31N3. The Hall–Kier alpha value is -0.120. The summed E-state index contributed by atoms with van der Waals surface area (Å²) in [7, 11) is 0. The van der Waals surface area contributed by atoms with Gasteiger partial charge in [0.25, 0.3) is 0 Å². The van der Waals surface area contributed by atoms with Crippen molar-refractivity contribution in [2.24, 2.45) is 11.7 Å². The van der Waals surface area contributed by atoms with Crippen LogP contribution in [0.15, 0.2) is 0 Å². The molecule has 0 aromatic carbocycles. The summed E-state index contributed by atoms with van der Waals surface area (Å²) in [4.78, 5) is 5.50. The topological polar surface area (TPSA) is 32.5 Å². The van der Waals surface area contributed by atoms with E-state index in [1.165, 1.54) is 71.1 Å². The molecule has 0 bridgehead atoms. The molecule has 0 aromatic heterocycles. The van der Waals surface area contributed by atoms with Gasteiger partial charge in [-0.25, -0.2) is 0 Å². The zero-order valence-electron chi connectivity index (χ0n) is 12.6. The number of nitrogens with zero attached hydrogens (tertiary/aromatic N) is 2. The van der Waals surface area contributed by atoms with Gasteiger partial charge in [-0.1, -0.05) is 6.92 Å². The van der Waals surface area contributed by atoms with Crippen molar-refractivity contribution in [3.63, 3.8) is 0 Å². The molecule has 19 heavy (non-hydrogen) atoms. The number of nitrogens with two attached hydrogens (primary N) is 1. The summed E-state index contributed by atoms with van der Waals surface area (Å²) >= 11 is 0. The van der Waals surface area contributed by atoms with Crippen LogP contribution in [0.5, 0.6) is 0 Å². The molecular weight excluding hydrogens is 234 g/mol. The molecule has 0 aromatic rings. The lowest BCUT2D eigenvalue weighted by molar-refractivity contribution is 0.0590. The molecule has 110 valence electrons. The fourth-order valence-corrected chi connectivity index (χ4v) is 4.53. The molecule has 1 atom stereocenters. The zero-order valence-corrected chi connectivity index (χ0v) is 12.6. The highest BCUT2D eigenvalue weighted by Gasteiger charge is 2.42. The van der Waals surface area contributed by atoms with Gasteiger partial charge < -0.3 is 5.73 Å². The molecule has 2 saturated heterocycles. The second-order valence-electron chi connectivity index (χ2n) is 7.24. The molecule has 0 radical (unpaired) electrons. The van der Waals surface area contributed by atoms with E-state index in [2.05, 4.69) is 16.7 Å². The van der Waals surface area contributed by atoms with Gasteiger partial charge in [-0.05, 0) is 64.0 Å². The quantitative estimate of drug-likeness (QED) is 0.848. The van der Waals surface area contributed by atoms with Gasteiger partial charge in [-0.2, -0.15) is 0 Å². The average molecular weight is 265 g/mol. The van der Waals surface area contributed by atoms with Crippen LogP contribution in [0.3, 0.4) is 0 Å². The van der Waals surface area contributed by atoms with Crippen LogP contribution in [-0.2, 0) is 0 Å². The van der Waals surface area contributed by atoms with Crippen LogP contribution < -0.4 is 5.73 Å². The predicted molar refractivity (Wildman–Crippen MR) is 80.2 cm³/mol. The molecule has 1 aliphatic carbocycles. The summed E-state index contributed by atoms with van der Waals surface area (Å²) in [6.45, 7) is 8.51. The molecule has 0 amide bonds. The van der Waals surface area contributed by atoms with Gasteiger partial charge in [0.2, 0.25) is 0 Å². The minimum atomic E-state index is 0.348. The third kappa shape index (κ3) is 2.70. The third-order valence-corrected chi connectivity index (χ3v) is 6.08. The molecule has 2 aliphatic heterocycles. The Morgan fingerprint density at radius 1 is 1.05 bits per heavy atom. The standard InChI is InChI=1S/C16H31N3/c1-14-4-7-16(13-17,8-5-14)19-11-6-15(12-19)18-9-2-3-10-18/h14-15H,2-13,17H2,1H3. The minimum absolute atomic E-state index is 0.348. The first-order valence-electron chi connectivity index (χ1n) is 8.43. The third-order valence-electron chi connectivity index (χ3n) is 6.08. The van der Waals surface area contributed by atoms with E-state index in [-0.39, 0.29) is 0 Å². The van der Waals surface area contributed by atoms with E-state index in [0.29, 0.717) is 5.54 Å². The SMILES string of the molecule is CC1CCC(CN)(N2CCC(N3CCCC3)C2)CC1. The molecule has 2 heterocycles. The van der Waals surface area contributed by atoms with Gasteiger partial charge in [-0.3, -0.25) is 9.80 Å². The van der Waals surface area contributed by atoms with Gasteiger partial charge >= 0.3 is 0 Å². The first-order valence-corrected chi connectivity index (χ1v) is 8.43. The molecule has 0 spiro atoms. The fraction of sp³-hybridized carbons (Fsp3) is 1.00. The average Bonchev–Trinajstić information content (AvgIpc) is 3.11. The van der Waals surface area contributed by atoms with Gasteiger partial charge in [0.05, 0.1) is 0 Å². The van der Waals surface area contributed by atoms with Gasteiger partial charge in [0, 0.05) is 31.2 Å². The van der Waals surface area contributed by atoms with E-state index < -0.39 is 0 Å². The van der Waals surface area contributed by atoms with Gasteiger partial charge in [0.1, 0.15) is 0 Å². The lowest BCUT2D eigenvalue weighted by atomic mass is 9.76. The lowest BCUT2D eigenvalue weighted by Crippen LogP contribution is -2.55. The van der Waals surface area contributed by atoms with Crippen molar-refractivity contribution in [3.8, 4) is 0 Å². The highest BCUT2D eigenvalue weighted by molar-refractivity contribution is 5.00. The Balaban J connectivity index is 1.61. The van der Waals surface area contributed by atoms with Crippen molar-refractivity contribution >= 4 is 0 Å². The van der Waals surface area contributed by atoms with Crippen molar-refractivity contribution in [2.75, 3.05) is 32.7 Å². The second kappa shape index (κ2) is 5.71. The summed E-state index contributed by atoms with van der Waals surface area (Å²) in [5.74, 6) is 0.914. The van der Waals surface area contributed by atoms with Crippen LogP contribution in [0.1, 0.15) is 51.9 Å². The van der Waals surface area contributed by atoms with Crippen LogP contribution in [0.2, 0.25) is 0 Å². The summed E-state index contributed by atoms with van der Waals surface area (Å²) in [5, 5.41) is 0. The molecule has 3 heteroatoms. The molecule has 3 rings (SSSR count). The van der Waals surface area contributed by atoms with Crippen LogP contribution in [0, 0.1) is 5.92 Å². The van der Waals surface area contributed by atoms with Crippen LogP contribution in [-0.4, -0.2) is 54.1 Å². The van der Waals surface area contributed by atoms with Gasteiger partial charge in [0.15, 0.2) is 0 Å². The summed E-state index contributed by atoms with van der Waals surface area (Å²) in [6.07, 6.45) is 9.61. The Kier molecular flexibility index (Phi) is 4.16. The summed E-state index contributed by atoms with van der Waals surface area (Å²) in [6, 6.07) is 0.824. The number of hydrogen-bond donors (Lipinski definition) is 1. The maximum Gasteiger partial charge on any atom is 0.0332 e. The van der Waals surface area contributed by atoms with Crippen molar-refractivity contribution in [3.05, 3.63) is 0 Å². The van der Waals surface area contributed by atoms with Crippen molar-refractivity contribution in [1.29, 1.82) is 0 Å². The molecule has 2 N–H and O–H groups in total. The van der Waals surface area contributed by atoms with Crippen LogP contribution in [0.25, 0.3) is 0 Å². The van der Waals surface area contributed by atoms with Crippen LogP contribution >= 0.6 is 0 Å². The minimum Gasteiger partial charge on any atom is -0.329 e. The van der Waals surface area contributed by atoms with Crippen molar-refractivity contribution < 1.29 is 0 Å². The molecule has 1 saturated carbocycles. The molecule has 3 aliphatic rings. The summed E-state index contributed by atoms with van der Waals surface area (Å²) in [5.41, 5.74) is 6.56. The largest absolute Gasteiger partial charge is 0.329 e. The second-order valence-corrected chi connectivity index (χ2v) is 7.24. The van der Waals surface area contributed by atoms with E-state index in [0.717, 1.165) is 18.5 Å². The zero-order chi connectivity index (χ0) is 13.3. The maximum atomic E-state index is 6.21. The Bertz CT molecular complexity index is 290. The molecule has 3 nitrogen and oxygen atoms in total. The normalized spacial score (nSPS) is 42.0. The first kappa shape index (κ1) is 13.8. The smallest absolute Gasteiger partial charge is 0.0332 e. The number of hydrogen-bond acceptors (Lipinski definition) is 3. The lowest BCUT2D eigenvalue weighted by Gasteiger charge is -2.46. The van der Waals surface area contributed by atoms with Crippen LogP contribution in [0.4, 0.5) is 0 Å². The number of likely N-dealkylation sites (tertiary alicyclic amines) is 2. The van der Waals surface area contributed by atoms with E-state index in [1.54, 1.807) is 0 Å². The van der Waals surface area contributed by atoms with E-state index in [4.69, 9.17) is 5.73 Å². The van der Waals surface area contributed by atoms with E-state index >= 15 is 0 Å². The summed E-state index contributed by atoms with van der Waals surface area (Å²) < 4.78 is 0.